The number of aromatic amines is 1. The Kier molecular flexibility index (Phi) is 5.75. The zero-order valence-corrected chi connectivity index (χ0v) is 18.6. The summed E-state index contributed by atoms with van der Waals surface area (Å²) >= 11 is 0. The fourth-order valence-corrected chi connectivity index (χ4v) is 5.10. The molecule has 164 valence electrons. The second kappa shape index (κ2) is 8.51. The van der Waals surface area contributed by atoms with Gasteiger partial charge in [-0.25, -0.2) is 19.5 Å². The average molecular weight is 454 g/mol. The van der Waals surface area contributed by atoms with Crippen molar-refractivity contribution in [2.24, 2.45) is 0 Å². The number of anilines is 1. The molecule has 0 aliphatic carbocycles. The summed E-state index contributed by atoms with van der Waals surface area (Å²) in [4.78, 5) is 37.8. The number of hydrogen-bond acceptors (Lipinski definition) is 5. The fraction of sp³-hybridized carbons (Fsp3) is 0.217. The zero-order valence-electron chi connectivity index (χ0n) is 17.8. The Morgan fingerprint density at radius 2 is 1.91 bits per heavy atom. The minimum atomic E-state index is -0.874. The van der Waals surface area contributed by atoms with Gasteiger partial charge in [-0.1, -0.05) is 12.1 Å². The topological polar surface area (TPSA) is 97.0 Å². The SMILES string of the molecule is CC(C)(C)OC(=O)Nc1ncc(C(=O)c2c[nH]c3ncccc23)[s+]1Cc1ccc(F)cc1. The van der Waals surface area contributed by atoms with Crippen molar-refractivity contribution in [1.82, 2.24) is 15.0 Å². The van der Waals surface area contributed by atoms with Gasteiger partial charge in [0.1, 0.15) is 17.1 Å². The van der Waals surface area contributed by atoms with Crippen LogP contribution in [0.25, 0.3) is 11.0 Å². The Bertz CT molecular complexity index is 1290. The maximum Gasteiger partial charge on any atom is 0.417 e. The molecule has 1 aromatic carbocycles. The minimum Gasteiger partial charge on any atom is -0.443 e. The standard InChI is InChI=1S/C23H21FN4O3S/c1-23(2,3)31-22(30)28-21-27-12-18(32(21)13-14-6-8-15(24)9-7-14)19(29)17-11-26-20-16(17)5-4-10-25-20/h4-12H,13H2,1-3H3,(H-,25,26,27,28,29,30)/p+1. The number of nitrogens with one attached hydrogen (secondary N) is 2. The number of aromatic nitrogens is 3. The third-order valence-electron chi connectivity index (χ3n) is 4.55. The van der Waals surface area contributed by atoms with E-state index in [1.165, 1.54) is 18.3 Å². The number of ether oxygens (including phenoxy) is 1. The number of carbonyl (C=O) groups is 2. The van der Waals surface area contributed by atoms with Gasteiger partial charge in [-0.2, -0.15) is 4.98 Å². The predicted octanol–water partition coefficient (Wildman–Crippen LogP) is 5.47. The lowest BCUT2D eigenvalue weighted by molar-refractivity contribution is 0.0635. The van der Waals surface area contributed by atoms with E-state index in [1.807, 2.05) is 6.07 Å². The first-order valence-corrected chi connectivity index (χ1v) is 11.3. The van der Waals surface area contributed by atoms with Gasteiger partial charge in [0.2, 0.25) is 10.7 Å². The molecule has 0 radical (unpaired) electrons. The number of fused-ring (bicyclic) bond motifs is 1. The van der Waals surface area contributed by atoms with Gasteiger partial charge in [0, 0.05) is 33.8 Å². The maximum absolute atomic E-state index is 13.5. The van der Waals surface area contributed by atoms with Gasteiger partial charge in [0.25, 0.3) is 0 Å². The second-order valence-electron chi connectivity index (χ2n) is 8.15. The Hall–Kier alpha value is -3.59. The number of pyridine rings is 1. The summed E-state index contributed by atoms with van der Waals surface area (Å²) in [5.41, 5.74) is 1.22. The molecule has 4 aromatic rings. The molecule has 9 heteroatoms. The number of ketones is 1. The fourth-order valence-electron chi connectivity index (χ4n) is 3.17. The van der Waals surface area contributed by atoms with Gasteiger partial charge in [-0.05, 0) is 45.0 Å². The Labute approximate surface area is 186 Å². The molecule has 0 spiro atoms. The lowest BCUT2D eigenvalue weighted by Crippen LogP contribution is -2.27. The third kappa shape index (κ3) is 4.67. The highest BCUT2D eigenvalue weighted by Gasteiger charge is 2.32. The number of halogens is 1. The molecule has 7 nitrogen and oxygen atoms in total. The molecule has 32 heavy (non-hydrogen) atoms. The number of rotatable bonds is 5. The Morgan fingerprint density at radius 1 is 1.16 bits per heavy atom. The van der Waals surface area contributed by atoms with E-state index in [0.29, 0.717) is 32.4 Å². The van der Waals surface area contributed by atoms with Gasteiger partial charge in [0.05, 0.1) is 11.8 Å². The summed E-state index contributed by atoms with van der Waals surface area (Å²) in [5, 5.41) is 3.73. The van der Waals surface area contributed by atoms with Crippen molar-refractivity contribution >= 4 is 38.5 Å². The molecular weight excluding hydrogens is 431 g/mol. The lowest BCUT2D eigenvalue weighted by atomic mass is 10.1. The van der Waals surface area contributed by atoms with E-state index < -0.39 is 22.2 Å². The van der Waals surface area contributed by atoms with Crippen molar-refractivity contribution in [2.45, 2.75) is 32.1 Å². The summed E-state index contributed by atoms with van der Waals surface area (Å²) in [6.45, 7) is 5.29. The first-order valence-electron chi connectivity index (χ1n) is 9.91. The molecule has 0 saturated carbocycles. The molecule has 3 aromatic heterocycles. The van der Waals surface area contributed by atoms with Gasteiger partial charge in [-0.3, -0.25) is 4.79 Å². The first kappa shape index (κ1) is 21.6. The van der Waals surface area contributed by atoms with Gasteiger partial charge in [-0.15, -0.1) is 0 Å². The second-order valence-corrected chi connectivity index (χ2v) is 10.0. The summed E-state index contributed by atoms with van der Waals surface area (Å²) in [6, 6.07) is 9.63. The molecule has 3 heterocycles. The zero-order chi connectivity index (χ0) is 22.9. The van der Waals surface area contributed by atoms with Crippen LogP contribution in [0.15, 0.2) is 55.0 Å². The molecule has 1 unspecified atom stereocenters. The molecular formula is C23H22FN4O3S+. The van der Waals surface area contributed by atoms with Crippen molar-refractivity contribution in [3.8, 4) is 0 Å². The normalized spacial score (nSPS) is 12.1. The first-order chi connectivity index (χ1) is 15.2. The predicted molar refractivity (Wildman–Crippen MR) is 122 cm³/mol. The molecule has 0 saturated heterocycles. The highest BCUT2D eigenvalue weighted by Crippen LogP contribution is 2.38. The molecule has 0 aliphatic rings. The highest BCUT2D eigenvalue weighted by molar-refractivity contribution is 7.36. The summed E-state index contributed by atoms with van der Waals surface area (Å²) in [6.07, 6.45) is 4.11. The van der Waals surface area contributed by atoms with Crippen LogP contribution in [-0.2, 0) is 10.5 Å². The van der Waals surface area contributed by atoms with Crippen LogP contribution in [0.5, 0.6) is 0 Å². The quantitative estimate of drug-likeness (QED) is 0.308. The number of amides is 1. The van der Waals surface area contributed by atoms with E-state index in [0.717, 1.165) is 5.56 Å². The molecule has 1 atom stereocenters. The van der Waals surface area contributed by atoms with Gasteiger partial charge in [0.15, 0.2) is 5.75 Å². The Morgan fingerprint density at radius 3 is 2.62 bits per heavy atom. The number of nitrogens with zero attached hydrogens (tertiary/aromatic N) is 2. The smallest absolute Gasteiger partial charge is 0.417 e. The van der Waals surface area contributed by atoms with E-state index in [4.69, 9.17) is 4.74 Å². The number of benzene rings is 1. The number of thiazole rings is 1. The molecule has 0 aliphatic heterocycles. The van der Waals surface area contributed by atoms with Crippen LogP contribution in [0, 0.1) is 5.82 Å². The molecule has 0 bridgehead atoms. The number of hydrogen-bond donors (Lipinski definition) is 2. The number of carbonyl (C=O) groups excluding carboxylic acids is 2. The van der Waals surface area contributed by atoms with Crippen LogP contribution >= 0.6 is 10.5 Å². The van der Waals surface area contributed by atoms with Gasteiger partial charge < -0.3 is 9.72 Å². The van der Waals surface area contributed by atoms with E-state index >= 15 is 0 Å². The van der Waals surface area contributed by atoms with Crippen LogP contribution in [0.1, 0.15) is 41.6 Å². The molecule has 2 N–H and O–H groups in total. The molecule has 4 rings (SSSR count). The van der Waals surface area contributed by atoms with Crippen molar-refractivity contribution in [2.75, 3.05) is 5.32 Å². The van der Waals surface area contributed by atoms with Crippen molar-refractivity contribution in [3.63, 3.8) is 0 Å². The van der Waals surface area contributed by atoms with Crippen LogP contribution in [0.4, 0.5) is 14.3 Å². The van der Waals surface area contributed by atoms with Crippen molar-refractivity contribution in [3.05, 3.63) is 76.8 Å². The van der Waals surface area contributed by atoms with Crippen LogP contribution < -0.4 is 5.32 Å². The lowest BCUT2D eigenvalue weighted by Gasteiger charge is -2.18. The summed E-state index contributed by atoms with van der Waals surface area (Å²) in [7, 11) is -0.874. The van der Waals surface area contributed by atoms with Gasteiger partial charge >= 0.3 is 11.2 Å². The van der Waals surface area contributed by atoms with E-state index in [1.54, 1.807) is 51.4 Å². The van der Waals surface area contributed by atoms with E-state index in [9.17, 15) is 14.0 Å². The third-order valence-corrected chi connectivity index (χ3v) is 6.67. The van der Waals surface area contributed by atoms with Crippen molar-refractivity contribution < 1.29 is 18.7 Å². The number of H-pyrrole nitrogens is 1. The van der Waals surface area contributed by atoms with Crippen LogP contribution in [0.2, 0.25) is 0 Å². The highest BCUT2D eigenvalue weighted by atomic mass is 32.2. The molecule has 0 fully saturated rings. The summed E-state index contributed by atoms with van der Waals surface area (Å²) < 4.78 is 18.7. The molecule has 1 amide bonds. The maximum atomic E-state index is 13.5. The van der Waals surface area contributed by atoms with E-state index in [2.05, 4.69) is 20.3 Å². The summed E-state index contributed by atoms with van der Waals surface area (Å²) in [5.74, 6) is -0.172. The van der Waals surface area contributed by atoms with Crippen molar-refractivity contribution in [1.29, 1.82) is 0 Å². The Balaban J connectivity index is 1.72. The van der Waals surface area contributed by atoms with Crippen LogP contribution in [0.3, 0.4) is 0 Å². The average Bonchev–Trinajstić information content (AvgIpc) is 3.32. The minimum absolute atomic E-state index is 0.209. The van der Waals surface area contributed by atoms with Crippen LogP contribution in [-0.4, -0.2) is 32.4 Å². The van der Waals surface area contributed by atoms with E-state index in [-0.39, 0.29) is 11.6 Å². The largest absolute Gasteiger partial charge is 0.443 e. The monoisotopic (exact) mass is 453 g/mol.